The van der Waals surface area contributed by atoms with E-state index in [-0.39, 0.29) is 85.2 Å². The maximum Gasteiger partial charge on any atom is 0.267 e. The molecule has 0 atom stereocenters. The number of halogens is 12. The van der Waals surface area contributed by atoms with Crippen molar-refractivity contribution < 1.29 is 95.8 Å². The fourth-order valence-electron chi connectivity index (χ4n) is 14.5. The predicted molar refractivity (Wildman–Crippen MR) is 524 cm³/mol. The summed E-state index contributed by atoms with van der Waals surface area (Å²) < 4.78 is 294. The summed E-state index contributed by atoms with van der Waals surface area (Å²) in [5.41, 5.74) is 17.7. The van der Waals surface area contributed by atoms with E-state index in [9.17, 15) is 68.8 Å². The summed E-state index contributed by atoms with van der Waals surface area (Å²) in [6.45, 7) is 16.8. The molecule has 9 N–H and O–H groups in total. The molecule has 10 heterocycles. The van der Waals surface area contributed by atoms with Crippen LogP contribution in [-0.4, -0.2) is 133 Å². The van der Waals surface area contributed by atoms with Crippen LogP contribution in [0.5, 0.6) is 0 Å². The van der Waals surface area contributed by atoms with Gasteiger partial charge in [0.1, 0.15) is 72.9 Å². The van der Waals surface area contributed by atoms with Gasteiger partial charge in [-0.15, -0.1) is 34.0 Å². The Bertz CT molecular complexity index is 8030. The molecule has 0 saturated carbocycles. The van der Waals surface area contributed by atoms with Crippen LogP contribution in [0.15, 0.2) is 214 Å². The number of benzene rings is 8. The Kier molecular flexibility index (Phi) is 31.1. The van der Waals surface area contributed by atoms with Gasteiger partial charge in [-0.1, -0.05) is 95.3 Å². The summed E-state index contributed by atoms with van der Waals surface area (Å²) in [4.78, 5) is 51.6. The van der Waals surface area contributed by atoms with E-state index in [1.165, 1.54) is 131 Å². The summed E-state index contributed by atoms with van der Waals surface area (Å²) >= 11 is 5.27. The Balaban J connectivity index is 0.000000145. The van der Waals surface area contributed by atoms with Crippen LogP contribution in [0.2, 0.25) is 0 Å². The fourth-order valence-corrected chi connectivity index (χ4v) is 24.0. The van der Waals surface area contributed by atoms with Gasteiger partial charge in [0.2, 0.25) is 17.8 Å². The number of morpholine rings is 1. The second-order valence-electron chi connectivity index (χ2n) is 33.8. The van der Waals surface area contributed by atoms with E-state index in [2.05, 4.69) is 54.8 Å². The quantitative estimate of drug-likeness (QED) is 0.0343. The lowest BCUT2D eigenvalue weighted by Gasteiger charge is -2.26. The SMILES string of the molecule is CC(C)(C)c1nc(-c2cccc(NS(=O)(=O)c3c(F)cccc3F)c2F)c(-c2ccnc(N)n2)s1.Cc1nccc(-c2sc(C(C)(C)C)nc2-c2cccc(NS(=O)(=O)c3cc(F)ccc3F)c2F)n1.Nc1nccc(-c2sc(C3CCOCC3)nc2-c2cccc(CS(=O)(=O)c3c(F)cccc3F)c2F)n1.Nc1nccc(-c2sc(N3CCOCC3)nc2-c2cccc(NS(=O)(=O)c3cc(F)ccc3F)c2F)n1. The third-order valence-electron chi connectivity index (χ3n) is 21.3. The Labute approximate surface area is 832 Å². The summed E-state index contributed by atoms with van der Waals surface area (Å²) in [5, 5.41) is 2.78. The van der Waals surface area contributed by atoms with Crippen LogP contribution in [0.3, 0.4) is 0 Å². The lowest BCUT2D eigenvalue weighted by Crippen LogP contribution is -2.36. The van der Waals surface area contributed by atoms with Gasteiger partial charge in [-0.3, -0.25) is 14.2 Å². The van der Waals surface area contributed by atoms with Gasteiger partial charge >= 0.3 is 0 Å². The topological polar surface area (TPSA) is 427 Å². The van der Waals surface area contributed by atoms with Crippen molar-refractivity contribution in [1.29, 1.82) is 0 Å². The van der Waals surface area contributed by atoms with E-state index in [0.29, 0.717) is 122 Å². The highest BCUT2D eigenvalue weighted by atomic mass is 32.2. The van der Waals surface area contributed by atoms with Crippen LogP contribution in [0.25, 0.3) is 87.3 Å². The monoisotopic (exact) mass is 2130 g/mol. The number of nitrogen functional groups attached to an aromatic ring is 3. The molecule has 2 aliphatic rings. The van der Waals surface area contributed by atoms with Crippen molar-refractivity contribution in [1.82, 2.24) is 59.8 Å². The molecule has 0 amide bonds. The number of rotatable bonds is 22. The van der Waals surface area contributed by atoms with E-state index >= 15 is 17.6 Å². The zero-order valence-electron chi connectivity index (χ0n) is 76.3. The van der Waals surface area contributed by atoms with Crippen molar-refractivity contribution in [3.05, 3.63) is 291 Å². The number of sulfonamides is 3. The van der Waals surface area contributed by atoms with Gasteiger partial charge in [0.05, 0.1) is 116 Å². The van der Waals surface area contributed by atoms with E-state index < -0.39 is 152 Å². The third-order valence-corrected chi connectivity index (χ3v) is 32.6. The highest BCUT2D eigenvalue weighted by Crippen LogP contribution is 2.49. The van der Waals surface area contributed by atoms with Crippen molar-refractivity contribution in [2.24, 2.45) is 0 Å². The van der Waals surface area contributed by atoms with Crippen LogP contribution >= 0.6 is 45.3 Å². The lowest BCUT2D eigenvalue weighted by atomic mass is 9.98. The van der Waals surface area contributed by atoms with Crippen LogP contribution in [0, 0.1) is 76.7 Å². The number of anilines is 7. The molecule has 8 aromatic heterocycles. The number of hydrogen-bond donors (Lipinski definition) is 6. The number of aryl methyl sites for hydroxylation is 1. The van der Waals surface area contributed by atoms with Gasteiger partial charge in [0.25, 0.3) is 30.1 Å². The summed E-state index contributed by atoms with van der Waals surface area (Å²) in [5.74, 6) is -13.2. The van der Waals surface area contributed by atoms with Gasteiger partial charge in [-0.05, 0) is 147 Å². The molecule has 0 unspecified atom stereocenters. The predicted octanol–water partition coefficient (Wildman–Crippen LogP) is 20.5. The fraction of sp³-hybridized carbons (Fsp3) is 0.200. The summed E-state index contributed by atoms with van der Waals surface area (Å²) in [7, 11) is -18.6. The Morgan fingerprint density at radius 2 is 0.743 bits per heavy atom. The number of aromatic nitrogens is 12. The van der Waals surface area contributed by atoms with E-state index in [1.807, 2.05) is 60.6 Å². The van der Waals surface area contributed by atoms with Gasteiger partial charge in [-0.2, -0.15) is 0 Å². The van der Waals surface area contributed by atoms with Crippen molar-refractivity contribution in [3.63, 3.8) is 0 Å². The first-order valence-electron chi connectivity index (χ1n) is 43.0. The molecule has 29 nitrogen and oxygen atoms in total. The standard InChI is InChI=1S/C25H21F3N4O3S2.C24H21F3N4O2S2.C23H19F3N6O3S2.C23H20F3N5O2S2/c26-17-5-2-6-18(27)23(17)37(33,34)13-15-3-1-4-16(20(15)28)21-22(19-7-10-30-25(29)31-19)36-24(32-21)14-8-11-35-12-9-14;1-13-28-11-10-18(29-13)22-21(30-23(34-22)24(2,3)4)15-6-5-7-17(20(15)27)31-35(32,33)19-12-14(25)8-9-16(19)26;24-13-4-5-15(25)18(12-13)37(33,34)31-16-3-1-2-14(19(16)26)20-21(17-6-7-28-22(27)29-17)36-23(30-20)32-8-10-35-11-9-32;1-23(2,3)21-30-18(19(34-21)16-10-11-28-22(27)29-16)12-6-4-9-15(17(12)26)31-35(32,33)20-13(24)7-5-8-14(20)25/h1-7,10,14H,8-9,11-13H2,(H2,29,30,31);5-12,31H,1-4H3;1-7,12,31H,8-11H2,(H2,27,28,29);4-11,31H,1-3H3,(H2,27,28,29). The Morgan fingerprint density at radius 1 is 0.382 bits per heavy atom. The molecule has 2 saturated heterocycles. The zero-order valence-corrected chi connectivity index (χ0v) is 82.9. The molecule has 2 fully saturated rings. The van der Waals surface area contributed by atoms with Crippen molar-refractivity contribution in [2.45, 2.75) is 103 Å². The van der Waals surface area contributed by atoms with Crippen molar-refractivity contribution in [2.75, 3.05) is 75.8 Å². The first kappa shape index (κ1) is 104. The highest BCUT2D eigenvalue weighted by Gasteiger charge is 2.36. The number of thiazole rings is 4. The third kappa shape index (κ3) is 23.6. The first-order valence-corrected chi connectivity index (χ1v) is 52.3. The average Bonchev–Trinajstić information content (AvgIpc) is 1.60. The molecular formula is C95H81F12N19O10S8. The van der Waals surface area contributed by atoms with E-state index in [4.69, 9.17) is 31.7 Å². The molecule has 16 aromatic rings. The van der Waals surface area contributed by atoms with Crippen molar-refractivity contribution in [3.8, 4) is 87.3 Å². The number of ether oxygens (including phenoxy) is 2. The molecule has 144 heavy (non-hydrogen) atoms. The average molecular weight is 2130 g/mol. The Hall–Kier alpha value is -13.9. The molecule has 748 valence electrons. The van der Waals surface area contributed by atoms with Gasteiger partial charge in [-0.25, -0.2) is 146 Å². The van der Waals surface area contributed by atoms with E-state index in [0.717, 1.165) is 77.5 Å². The van der Waals surface area contributed by atoms with Crippen LogP contribution in [0.1, 0.15) is 86.7 Å². The smallest absolute Gasteiger partial charge is 0.267 e. The van der Waals surface area contributed by atoms with Crippen LogP contribution < -0.4 is 36.3 Å². The molecule has 8 aromatic carbocycles. The van der Waals surface area contributed by atoms with Crippen LogP contribution in [0.4, 0.5) is 92.7 Å². The van der Waals surface area contributed by atoms with Crippen LogP contribution in [-0.2, 0) is 66.0 Å². The number of hydrogen-bond acceptors (Lipinski definition) is 30. The zero-order chi connectivity index (χ0) is 103. The minimum absolute atomic E-state index is 0.0175. The largest absolute Gasteiger partial charge is 0.381 e. The maximum atomic E-state index is 15.9. The number of nitrogens with one attached hydrogen (secondary N) is 3. The molecule has 2 aliphatic heterocycles. The molecule has 0 aliphatic carbocycles. The van der Waals surface area contributed by atoms with Crippen molar-refractivity contribution >= 4 is 125 Å². The second kappa shape index (κ2) is 42.9. The molecule has 0 bridgehead atoms. The normalized spacial score (nSPS) is 13.3. The molecule has 49 heteroatoms. The van der Waals surface area contributed by atoms with Gasteiger partial charge in [0.15, 0.2) is 37.3 Å². The number of nitrogens with zero attached hydrogens (tertiary/aromatic N) is 13. The highest BCUT2D eigenvalue weighted by molar-refractivity contribution is 7.93. The number of nitrogens with two attached hydrogens (primary N) is 3. The molecule has 0 radical (unpaired) electrons. The lowest BCUT2D eigenvalue weighted by molar-refractivity contribution is 0.0853. The summed E-state index contributed by atoms with van der Waals surface area (Å²) in [6.07, 6.45) is 7.51. The minimum atomic E-state index is -4.78. The van der Waals surface area contributed by atoms with Gasteiger partial charge in [0, 0.05) is 95.7 Å². The maximum absolute atomic E-state index is 15.9. The van der Waals surface area contributed by atoms with Gasteiger partial charge < -0.3 is 31.6 Å². The first-order chi connectivity index (χ1) is 68.2. The summed E-state index contributed by atoms with van der Waals surface area (Å²) in [6, 6.07) is 32.2. The number of sulfone groups is 1. The van der Waals surface area contributed by atoms with E-state index in [1.54, 1.807) is 37.4 Å². The molecular weight excluding hydrogens is 2050 g/mol. The molecule has 18 rings (SSSR count). The second-order valence-corrected chi connectivity index (χ2v) is 44.6. The molecule has 0 spiro atoms. The Morgan fingerprint density at radius 3 is 1.17 bits per heavy atom. The minimum Gasteiger partial charge on any atom is -0.381 e.